The van der Waals surface area contributed by atoms with Crippen molar-refractivity contribution >= 4 is 19.3 Å². The molecule has 0 fully saturated rings. The van der Waals surface area contributed by atoms with Crippen molar-refractivity contribution in [3.8, 4) is 11.5 Å². The van der Waals surface area contributed by atoms with Crippen molar-refractivity contribution in [1.82, 2.24) is 0 Å². The first-order valence-corrected chi connectivity index (χ1v) is 7.86. The van der Waals surface area contributed by atoms with Crippen LogP contribution in [0.4, 0.5) is 15.6 Å². The molecule has 0 saturated carbocycles. The third-order valence-electron chi connectivity index (χ3n) is 2.38. The SMILES string of the molecule is COc1ccc([N+]#N)cc1.COc1ccc([N+]#N)cc1.O=P([O-])([O-])F. The average Bonchev–Trinajstić information content (AvgIpc) is 2.61. The van der Waals surface area contributed by atoms with Gasteiger partial charge in [0.25, 0.3) is 0 Å². The monoisotopic (exact) mass is 368 g/mol. The second-order valence-electron chi connectivity index (χ2n) is 4.03. The number of rotatable bonds is 2. The molecule has 2 aromatic carbocycles. The van der Waals surface area contributed by atoms with Gasteiger partial charge in [0.05, 0.1) is 14.2 Å². The number of ether oxygens (including phenoxy) is 2. The van der Waals surface area contributed by atoms with Gasteiger partial charge >= 0.3 is 11.4 Å². The highest BCUT2D eigenvalue weighted by Gasteiger charge is 2.01. The fraction of sp³-hybridized carbons (Fsp3) is 0.143. The van der Waals surface area contributed by atoms with Gasteiger partial charge in [-0.1, -0.05) is 0 Å². The van der Waals surface area contributed by atoms with E-state index >= 15 is 0 Å². The van der Waals surface area contributed by atoms with Crippen molar-refractivity contribution in [3.05, 3.63) is 58.5 Å². The van der Waals surface area contributed by atoms with Crippen LogP contribution in [0.2, 0.25) is 0 Å². The van der Waals surface area contributed by atoms with Gasteiger partial charge in [-0.25, -0.2) is 4.20 Å². The maximum Gasteiger partial charge on any atom is 0.385 e. The molecule has 0 bridgehead atoms. The summed E-state index contributed by atoms with van der Waals surface area (Å²) in [5.74, 6) is 1.51. The van der Waals surface area contributed by atoms with E-state index in [1.165, 1.54) is 0 Å². The summed E-state index contributed by atoms with van der Waals surface area (Å²) in [5, 5.41) is 16.6. The summed E-state index contributed by atoms with van der Waals surface area (Å²) in [6.07, 6.45) is 0. The molecule has 25 heavy (non-hydrogen) atoms. The van der Waals surface area contributed by atoms with Crippen LogP contribution in [0.3, 0.4) is 0 Å². The zero-order chi connectivity index (χ0) is 19.3. The lowest BCUT2D eigenvalue weighted by Gasteiger charge is -2.15. The van der Waals surface area contributed by atoms with Crippen LogP contribution in [0.15, 0.2) is 48.5 Å². The Morgan fingerprint density at radius 1 is 0.840 bits per heavy atom. The highest BCUT2D eigenvalue weighted by atomic mass is 31.2. The lowest BCUT2D eigenvalue weighted by Crippen LogP contribution is -2.07. The number of nitrogens with zero attached hydrogens (tertiary/aromatic N) is 4. The van der Waals surface area contributed by atoms with Crippen molar-refractivity contribution in [2.24, 2.45) is 0 Å². The molecule has 0 saturated heterocycles. The van der Waals surface area contributed by atoms with E-state index in [0.29, 0.717) is 11.4 Å². The summed E-state index contributed by atoms with van der Waals surface area (Å²) < 4.78 is 28.4. The van der Waals surface area contributed by atoms with Gasteiger partial charge in [0.2, 0.25) is 10.8 Å². The molecule has 0 aliphatic heterocycles. The summed E-state index contributed by atoms with van der Waals surface area (Å²) in [7, 11) is -2.46. The van der Waals surface area contributed by atoms with Gasteiger partial charge in [-0.2, -0.15) is 0 Å². The Hall–Kier alpha value is -3.04. The van der Waals surface area contributed by atoms with Crippen LogP contribution in [0.5, 0.6) is 11.5 Å². The molecule has 0 aromatic heterocycles. The smallest absolute Gasteiger partial charge is 0.385 e. The van der Waals surface area contributed by atoms with Crippen molar-refractivity contribution < 1.29 is 28.0 Å². The molecule has 0 amide bonds. The summed E-state index contributed by atoms with van der Waals surface area (Å²) >= 11 is 0. The molecule has 11 heteroatoms. The van der Waals surface area contributed by atoms with E-state index in [1.807, 2.05) is 0 Å². The van der Waals surface area contributed by atoms with E-state index in [-0.39, 0.29) is 0 Å². The van der Waals surface area contributed by atoms with Crippen LogP contribution in [-0.4, -0.2) is 14.2 Å². The molecular weight excluding hydrogens is 354 g/mol. The molecule has 0 atom stereocenters. The molecule has 2 aromatic rings. The lowest BCUT2D eigenvalue weighted by atomic mass is 10.3. The van der Waals surface area contributed by atoms with E-state index in [9.17, 15) is 4.20 Å². The minimum atomic E-state index is -5.64. The highest BCUT2D eigenvalue weighted by Crippen LogP contribution is 2.22. The number of hydrogen-bond acceptors (Lipinski definition) is 7. The first-order valence-electron chi connectivity index (χ1n) is 6.43. The number of hydrogen-bond donors (Lipinski definition) is 0. The van der Waals surface area contributed by atoms with Gasteiger partial charge < -0.3 is 23.8 Å². The number of methoxy groups -OCH3 is 2. The summed E-state index contributed by atoms with van der Waals surface area (Å²) in [4.78, 5) is 22.9. The van der Waals surface area contributed by atoms with Gasteiger partial charge in [0, 0.05) is 24.3 Å². The third kappa shape index (κ3) is 12.1. The molecule has 0 spiro atoms. The van der Waals surface area contributed by atoms with Gasteiger partial charge in [0.15, 0.2) is 9.95 Å². The van der Waals surface area contributed by atoms with Crippen LogP contribution < -0.4 is 19.3 Å². The molecule has 0 radical (unpaired) electrons. The fourth-order valence-electron chi connectivity index (χ4n) is 1.30. The van der Waals surface area contributed by atoms with E-state index in [1.54, 1.807) is 62.8 Å². The van der Waals surface area contributed by atoms with Crippen LogP contribution in [0.1, 0.15) is 0 Å². The minimum absolute atomic E-state index is 0.529. The predicted molar refractivity (Wildman–Crippen MR) is 84.2 cm³/mol. The van der Waals surface area contributed by atoms with E-state index in [0.717, 1.165) is 11.5 Å². The normalized spacial score (nSPS) is 9.08. The Morgan fingerprint density at radius 3 is 1.24 bits per heavy atom. The molecule has 132 valence electrons. The molecule has 0 aliphatic rings. The summed E-state index contributed by atoms with van der Waals surface area (Å²) in [6, 6.07) is 13.6. The van der Waals surface area contributed by atoms with E-state index in [2.05, 4.69) is 9.95 Å². The van der Waals surface area contributed by atoms with Crippen molar-refractivity contribution in [2.45, 2.75) is 0 Å². The third-order valence-corrected chi connectivity index (χ3v) is 2.38. The van der Waals surface area contributed by atoms with E-state index in [4.69, 9.17) is 34.6 Å². The van der Waals surface area contributed by atoms with Gasteiger partial charge in [-0.3, -0.25) is 0 Å². The molecule has 0 N–H and O–H groups in total. The minimum Gasteiger partial charge on any atom is -0.786 e. The lowest BCUT2D eigenvalue weighted by molar-refractivity contribution is -0.328. The molecule has 0 unspecified atom stereocenters. The maximum absolute atomic E-state index is 10.1. The van der Waals surface area contributed by atoms with Crippen LogP contribution in [0.25, 0.3) is 9.95 Å². The first kappa shape index (κ1) is 22.0. The zero-order valence-electron chi connectivity index (χ0n) is 13.3. The molecule has 0 heterocycles. The number of diazo groups is 2. The van der Waals surface area contributed by atoms with Crippen LogP contribution in [-0.2, 0) is 4.57 Å². The Morgan fingerprint density at radius 2 is 1.08 bits per heavy atom. The largest absolute Gasteiger partial charge is 0.786 e. The van der Waals surface area contributed by atoms with Crippen molar-refractivity contribution in [2.75, 3.05) is 14.2 Å². The number of halogens is 1. The first-order chi connectivity index (χ1) is 11.7. The molecule has 2 rings (SSSR count). The van der Waals surface area contributed by atoms with E-state index < -0.39 is 7.91 Å². The average molecular weight is 368 g/mol. The zero-order valence-corrected chi connectivity index (χ0v) is 14.2. The summed E-state index contributed by atoms with van der Waals surface area (Å²) in [6.45, 7) is 0. The van der Waals surface area contributed by atoms with Crippen molar-refractivity contribution in [1.29, 1.82) is 10.8 Å². The molecule has 9 nitrogen and oxygen atoms in total. The quantitative estimate of drug-likeness (QED) is 0.586. The van der Waals surface area contributed by atoms with Gasteiger partial charge in [0.1, 0.15) is 19.4 Å². The maximum atomic E-state index is 10.1. The Balaban J connectivity index is 0.000000368. The molecular formula is C14H14FN4O5P. The van der Waals surface area contributed by atoms with Crippen LogP contribution >= 0.6 is 7.91 Å². The number of benzene rings is 2. The summed E-state index contributed by atoms with van der Waals surface area (Å²) in [5.41, 5.74) is 1.06. The topological polar surface area (TPSA) is 138 Å². The second-order valence-corrected chi connectivity index (χ2v) is 4.89. The Kier molecular flexibility index (Phi) is 10.1. The van der Waals surface area contributed by atoms with Gasteiger partial charge in [-0.15, -0.1) is 0 Å². The fourth-order valence-corrected chi connectivity index (χ4v) is 1.30. The predicted octanol–water partition coefficient (Wildman–Crippen LogP) is 3.14. The Bertz CT molecular complexity index is 700. The van der Waals surface area contributed by atoms with Crippen molar-refractivity contribution in [3.63, 3.8) is 0 Å². The standard InChI is InChI=1S/2C7H7N2O.FH2O3P/c2*1-10-7-4-2-6(9-8)3-5-7;1-5(2,3)4/h2*2-5H,1H3;(H2,2,3,4)/q2*+1;/p-2. The molecule has 0 aliphatic carbocycles. The highest BCUT2D eigenvalue weighted by molar-refractivity contribution is 7.42. The van der Waals surface area contributed by atoms with Gasteiger partial charge in [-0.05, 0) is 24.3 Å². The Labute approximate surface area is 143 Å². The van der Waals surface area contributed by atoms with Crippen LogP contribution in [0, 0.1) is 10.8 Å². The second kappa shape index (κ2) is 11.5.